The van der Waals surface area contributed by atoms with E-state index in [0.29, 0.717) is 13.0 Å². The maximum atomic E-state index is 12.9. The maximum Gasteiger partial charge on any atom is 0.397 e. The van der Waals surface area contributed by atoms with Gasteiger partial charge in [-0.25, -0.2) is 4.18 Å². The number of esters is 1. The molecule has 12 nitrogen and oxygen atoms in total. The SMILES string of the molecule is CCCCCCC/C=C\C/C=C\CCCCCCCCCCCCOCC(COC1OC(CO)C(O)C(OS(=O)(=O)O)C1O)OC(=O)CCCCCCCCCCC/C=C\C/C=C\CCCCCCC. The Morgan fingerprint density at radius 2 is 0.943 bits per heavy atom. The molecule has 0 saturated carbocycles. The molecule has 0 radical (unpaired) electrons. The highest BCUT2D eigenvalue weighted by Gasteiger charge is 2.48. The largest absolute Gasteiger partial charge is 0.457 e. The average molecular weight is 1010 g/mol. The van der Waals surface area contributed by atoms with E-state index in [2.05, 4.69) is 66.6 Å². The minimum Gasteiger partial charge on any atom is -0.457 e. The number of carbonyl (C=O) groups is 1. The van der Waals surface area contributed by atoms with Crippen LogP contribution in [0.3, 0.4) is 0 Å². The van der Waals surface area contributed by atoms with E-state index in [1.165, 1.54) is 161 Å². The Hall–Kier alpha value is -1.94. The minimum atomic E-state index is -5.07. The number of aliphatic hydroxyl groups excluding tert-OH is 3. The Labute approximate surface area is 427 Å². The Bertz CT molecular complexity index is 1400. The van der Waals surface area contributed by atoms with Gasteiger partial charge in [0.25, 0.3) is 0 Å². The summed E-state index contributed by atoms with van der Waals surface area (Å²) in [6.07, 6.45) is 51.4. The molecule has 0 bridgehead atoms. The number of rotatable bonds is 50. The molecule has 1 aliphatic heterocycles. The summed E-state index contributed by atoms with van der Waals surface area (Å²) in [6.45, 7) is 3.99. The average Bonchev–Trinajstić information content (AvgIpc) is 3.34. The van der Waals surface area contributed by atoms with Crippen LogP contribution in [-0.4, -0.2) is 97.5 Å². The molecule has 1 heterocycles. The van der Waals surface area contributed by atoms with E-state index in [0.717, 1.165) is 57.8 Å². The Balaban J connectivity index is 2.32. The van der Waals surface area contributed by atoms with Crippen molar-refractivity contribution in [2.24, 2.45) is 0 Å². The fourth-order valence-electron chi connectivity index (χ4n) is 8.62. The van der Waals surface area contributed by atoms with Gasteiger partial charge in [0.1, 0.15) is 30.5 Å². The molecular formula is C57H104O12S. The van der Waals surface area contributed by atoms with Gasteiger partial charge in [0.05, 0.1) is 19.8 Å². The van der Waals surface area contributed by atoms with E-state index >= 15 is 0 Å². The van der Waals surface area contributed by atoms with Gasteiger partial charge in [0.2, 0.25) is 0 Å². The van der Waals surface area contributed by atoms with Crippen LogP contribution in [0.15, 0.2) is 48.6 Å². The summed E-state index contributed by atoms with van der Waals surface area (Å²) in [5, 5.41) is 30.8. The van der Waals surface area contributed by atoms with Crippen LogP contribution < -0.4 is 0 Å². The van der Waals surface area contributed by atoms with Crippen LogP contribution in [0.25, 0.3) is 0 Å². The summed E-state index contributed by atoms with van der Waals surface area (Å²) < 4.78 is 59.4. The van der Waals surface area contributed by atoms with Gasteiger partial charge in [0, 0.05) is 13.0 Å². The van der Waals surface area contributed by atoms with E-state index in [1.54, 1.807) is 0 Å². The zero-order valence-electron chi connectivity index (χ0n) is 44.3. The van der Waals surface area contributed by atoms with Crippen molar-refractivity contribution >= 4 is 16.4 Å². The van der Waals surface area contributed by atoms with Gasteiger partial charge in [0.15, 0.2) is 6.29 Å². The molecule has 70 heavy (non-hydrogen) atoms. The third-order valence-electron chi connectivity index (χ3n) is 12.9. The number of unbranched alkanes of at least 4 members (excludes halogenated alkanes) is 29. The molecule has 1 saturated heterocycles. The highest BCUT2D eigenvalue weighted by atomic mass is 32.3. The predicted octanol–water partition coefficient (Wildman–Crippen LogP) is 13.9. The Kier molecular flexibility index (Phi) is 45.3. The smallest absolute Gasteiger partial charge is 0.397 e. The number of allylic oxidation sites excluding steroid dienone is 8. The van der Waals surface area contributed by atoms with Crippen molar-refractivity contribution in [3.8, 4) is 0 Å². The molecule has 0 spiro atoms. The van der Waals surface area contributed by atoms with Crippen molar-refractivity contribution in [3.63, 3.8) is 0 Å². The molecule has 410 valence electrons. The van der Waals surface area contributed by atoms with Gasteiger partial charge in [-0.05, 0) is 77.0 Å². The Morgan fingerprint density at radius 3 is 1.36 bits per heavy atom. The highest BCUT2D eigenvalue weighted by molar-refractivity contribution is 7.80. The third kappa shape index (κ3) is 40.5. The molecule has 6 atom stereocenters. The lowest BCUT2D eigenvalue weighted by atomic mass is 9.99. The summed E-state index contributed by atoms with van der Waals surface area (Å²) in [6, 6.07) is 0. The molecule has 0 aromatic rings. The molecule has 1 rings (SSSR count). The number of ether oxygens (including phenoxy) is 4. The first kappa shape index (κ1) is 66.1. The van der Waals surface area contributed by atoms with Crippen molar-refractivity contribution in [2.45, 2.75) is 282 Å². The molecule has 13 heteroatoms. The van der Waals surface area contributed by atoms with E-state index in [9.17, 15) is 33.1 Å². The van der Waals surface area contributed by atoms with Crippen LogP contribution in [0.2, 0.25) is 0 Å². The first-order chi connectivity index (χ1) is 34.1. The quantitative estimate of drug-likeness (QED) is 0.0196. The predicted molar refractivity (Wildman–Crippen MR) is 285 cm³/mol. The highest BCUT2D eigenvalue weighted by Crippen LogP contribution is 2.26. The summed E-state index contributed by atoms with van der Waals surface area (Å²) in [7, 11) is -5.07. The van der Waals surface area contributed by atoms with Crippen LogP contribution in [-0.2, 0) is 38.3 Å². The van der Waals surface area contributed by atoms with Gasteiger partial charge in [-0.3, -0.25) is 9.35 Å². The van der Waals surface area contributed by atoms with Gasteiger partial charge in [-0.15, -0.1) is 0 Å². The summed E-state index contributed by atoms with van der Waals surface area (Å²) in [5.74, 6) is -0.403. The van der Waals surface area contributed by atoms with E-state index < -0.39 is 59.8 Å². The molecule has 1 aliphatic rings. The van der Waals surface area contributed by atoms with Crippen LogP contribution in [0, 0.1) is 0 Å². The van der Waals surface area contributed by atoms with Crippen molar-refractivity contribution in [2.75, 3.05) is 26.4 Å². The van der Waals surface area contributed by atoms with Gasteiger partial charge < -0.3 is 34.3 Å². The van der Waals surface area contributed by atoms with E-state index in [4.69, 9.17) is 18.9 Å². The monoisotopic (exact) mass is 1010 g/mol. The van der Waals surface area contributed by atoms with E-state index in [1.807, 2.05) is 0 Å². The topological polar surface area (TPSA) is 178 Å². The first-order valence-corrected chi connectivity index (χ1v) is 29.8. The molecule has 6 unspecified atom stereocenters. The van der Waals surface area contributed by atoms with Crippen molar-refractivity contribution < 1.29 is 56.2 Å². The molecule has 0 amide bonds. The van der Waals surface area contributed by atoms with Gasteiger partial charge in [-0.2, -0.15) is 8.42 Å². The van der Waals surface area contributed by atoms with Crippen LogP contribution in [0.1, 0.15) is 245 Å². The second-order valence-corrected chi connectivity index (χ2v) is 20.6. The van der Waals surface area contributed by atoms with Crippen LogP contribution in [0.5, 0.6) is 0 Å². The fourth-order valence-corrected chi connectivity index (χ4v) is 9.13. The normalized spacial score (nSPS) is 19.4. The lowest BCUT2D eigenvalue weighted by molar-refractivity contribution is -0.301. The second-order valence-electron chi connectivity index (χ2n) is 19.5. The lowest BCUT2D eigenvalue weighted by Gasteiger charge is -2.41. The number of aliphatic hydroxyl groups is 3. The lowest BCUT2D eigenvalue weighted by Crippen LogP contribution is -2.60. The molecule has 0 aliphatic carbocycles. The number of hydrogen-bond acceptors (Lipinski definition) is 11. The summed E-state index contributed by atoms with van der Waals surface area (Å²) in [4.78, 5) is 12.9. The fraction of sp³-hybridized carbons (Fsp3) is 0.842. The molecule has 0 aromatic heterocycles. The zero-order chi connectivity index (χ0) is 51.0. The van der Waals surface area contributed by atoms with Gasteiger partial charge in [-0.1, -0.05) is 210 Å². The Morgan fingerprint density at radius 1 is 0.543 bits per heavy atom. The molecular weight excluding hydrogens is 909 g/mol. The third-order valence-corrected chi connectivity index (χ3v) is 13.4. The minimum absolute atomic E-state index is 0.0323. The first-order valence-electron chi connectivity index (χ1n) is 28.4. The van der Waals surface area contributed by atoms with Crippen molar-refractivity contribution in [1.29, 1.82) is 0 Å². The van der Waals surface area contributed by atoms with Crippen molar-refractivity contribution in [3.05, 3.63) is 48.6 Å². The standard InChI is InChI=1S/C57H104O12S/c1-3-5-7-9-11-13-15-17-19-21-23-25-27-29-31-33-35-37-39-41-43-45-47-65-49-51(50-66-57-55(61)56(69-70(62,63)64)54(60)52(48-58)68-57)67-53(59)46-44-42-40-38-36-34-32-30-28-26-24-22-20-18-16-14-12-10-8-6-4-2/h15-18,21-24,51-52,54-58,60-61H,3-14,19-20,25-50H2,1-2H3,(H,62,63,64)/b17-15-,18-16-,23-21-,24-22-. The summed E-state index contributed by atoms with van der Waals surface area (Å²) >= 11 is 0. The molecule has 4 N–H and O–H groups in total. The van der Waals surface area contributed by atoms with Crippen LogP contribution >= 0.6 is 0 Å². The second kappa shape index (κ2) is 48.0. The summed E-state index contributed by atoms with van der Waals surface area (Å²) in [5.41, 5.74) is 0. The van der Waals surface area contributed by atoms with Crippen LogP contribution in [0.4, 0.5) is 0 Å². The van der Waals surface area contributed by atoms with E-state index in [-0.39, 0.29) is 19.6 Å². The maximum absolute atomic E-state index is 12.9. The zero-order valence-corrected chi connectivity index (χ0v) is 45.1. The van der Waals surface area contributed by atoms with Gasteiger partial charge >= 0.3 is 16.4 Å². The van der Waals surface area contributed by atoms with Crippen molar-refractivity contribution in [1.82, 2.24) is 0 Å². The number of carbonyl (C=O) groups excluding carboxylic acids is 1. The number of hydrogen-bond donors (Lipinski definition) is 4. The molecule has 1 fully saturated rings. The molecule has 0 aromatic carbocycles.